The minimum Gasteiger partial charge on any atom is -0.324 e. The van der Waals surface area contributed by atoms with Crippen molar-refractivity contribution in [3.63, 3.8) is 0 Å². The van der Waals surface area contributed by atoms with Crippen LogP contribution in [0.5, 0.6) is 0 Å². The summed E-state index contributed by atoms with van der Waals surface area (Å²) in [6.45, 7) is 1.74. The molecule has 0 saturated carbocycles. The van der Waals surface area contributed by atoms with Gasteiger partial charge in [-0.2, -0.15) is 5.10 Å². The Kier molecular flexibility index (Phi) is 3.69. The van der Waals surface area contributed by atoms with E-state index in [2.05, 4.69) is 25.7 Å². The van der Waals surface area contributed by atoms with Gasteiger partial charge in [0.2, 0.25) is 5.91 Å². The maximum Gasteiger partial charge on any atom is 0.228 e. The number of aromatic nitrogens is 4. The Bertz CT molecular complexity index is 559. The van der Waals surface area contributed by atoms with Gasteiger partial charge in [-0.05, 0) is 31.5 Å². The van der Waals surface area contributed by atoms with Gasteiger partial charge in [0.1, 0.15) is 12.7 Å². The molecule has 1 aliphatic rings. The summed E-state index contributed by atoms with van der Waals surface area (Å²) in [7, 11) is 0. The van der Waals surface area contributed by atoms with E-state index in [0.29, 0.717) is 11.5 Å². The summed E-state index contributed by atoms with van der Waals surface area (Å²) in [6.07, 6.45) is 6.64. The highest BCUT2D eigenvalue weighted by atomic mass is 16.1. The van der Waals surface area contributed by atoms with Crippen LogP contribution in [-0.4, -0.2) is 38.7 Å². The number of hydrogen-bond donors (Lipinski definition) is 2. The highest BCUT2D eigenvalue weighted by molar-refractivity contribution is 5.92. The minimum atomic E-state index is 0.0405. The summed E-state index contributed by atoms with van der Waals surface area (Å²) in [4.78, 5) is 20.2. The number of anilines is 1. The number of pyridine rings is 1. The summed E-state index contributed by atoms with van der Waals surface area (Å²) >= 11 is 0. The molecule has 0 spiro atoms. The van der Waals surface area contributed by atoms with Crippen molar-refractivity contribution in [1.29, 1.82) is 0 Å². The highest BCUT2D eigenvalue weighted by Crippen LogP contribution is 2.14. The second-order valence-electron chi connectivity index (χ2n) is 4.78. The second-order valence-corrected chi connectivity index (χ2v) is 4.78. The van der Waals surface area contributed by atoms with Crippen LogP contribution in [0.2, 0.25) is 0 Å². The summed E-state index contributed by atoms with van der Waals surface area (Å²) in [5, 5.41) is 10.1. The maximum absolute atomic E-state index is 12.1. The molecule has 20 heavy (non-hydrogen) atoms. The van der Waals surface area contributed by atoms with E-state index in [1.54, 1.807) is 23.3 Å². The van der Waals surface area contributed by atoms with Crippen molar-refractivity contribution >= 4 is 11.6 Å². The van der Waals surface area contributed by atoms with Crippen molar-refractivity contribution < 1.29 is 4.79 Å². The van der Waals surface area contributed by atoms with Crippen LogP contribution in [-0.2, 0) is 4.79 Å². The van der Waals surface area contributed by atoms with Crippen molar-refractivity contribution in [1.82, 2.24) is 25.1 Å². The molecular formula is C13H16N6O. The van der Waals surface area contributed by atoms with Gasteiger partial charge in [0.25, 0.3) is 0 Å². The zero-order valence-electron chi connectivity index (χ0n) is 11.0. The number of rotatable bonds is 3. The molecule has 0 aliphatic carbocycles. The first kappa shape index (κ1) is 12.7. The second kappa shape index (κ2) is 5.79. The number of hydrogen-bond acceptors (Lipinski definition) is 5. The van der Waals surface area contributed by atoms with Gasteiger partial charge in [-0.25, -0.2) is 14.6 Å². The number of carbonyl (C=O) groups excluding carboxylic acids is 1. The van der Waals surface area contributed by atoms with Crippen molar-refractivity contribution in [2.45, 2.75) is 12.8 Å². The molecular weight excluding hydrogens is 256 g/mol. The Labute approximate surface area is 116 Å². The summed E-state index contributed by atoms with van der Waals surface area (Å²) in [5.74, 6) is 0.756. The normalized spacial score (nSPS) is 18.7. The third kappa shape index (κ3) is 2.83. The van der Waals surface area contributed by atoms with Gasteiger partial charge in [0.05, 0.1) is 17.8 Å². The predicted octanol–water partition coefficient (Wildman–Crippen LogP) is 0.600. The molecule has 0 radical (unpaired) electrons. The van der Waals surface area contributed by atoms with Gasteiger partial charge in [0, 0.05) is 6.54 Å². The smallest absolute Gasteiger partial charge is 0.228 e. The Morgan fingerprint density at radius 2 is 2.40 bits per heavy atom. The minimum absolute atomic E-state index is 0.0405. The third-order valence-corrected chi connectivity index (χ3v) is 3.34. The van der Waals surface area contributed by atoms with E-state index in [0.717, 1.165) is 25.9 Å². The molecule has 3 heterocycles. The molecule has 1 atom stereocenters. The third-order valence-electron chi connectivity index (χ3n) is 3.34. The van der Waals surface area contributed by atoms with Crippen molar-refractivity contribution in [2.75, 3.05) is 18.4 Å². The summed E-state index contributed by atoms with van der Waals surface area (Å²) < 4.78 is 1.57. The van der Waals surface area contributed by atoms with Crippen molar-refractivity contribution in [3.05, 3.63) is 31.0 Å². The van der Waals surface area contributed by atoms with Crippen LogP contribution < -0.4 is 10.6 Å². The molecule has 1 saturated heterocycles. The quantitative estimate of drug-likeness (QED) is 0.854. The number of piperidine rings is 1. The van der Waals surface area contributed by atoms with Crippen LogP contribution in [0.4, 0.5) is 5.69 Å². The van der Waals surface area contributed by atoms with E-state index in [9.17, 15) is 4.79 Å². The summed E-state index contributed by atoms with van der Waals surface area (Å²) in [6, 6.07) is 3.61. The van der Waals surface area contributed by atoms with Crippen LogP contribution in [0.15, 0.2) is 31.0 Å². The number of carbonyl (C=O) groups is 1. The lowest BCUT2D eigenvalue weighted by molar-refractivity contribution is -0.120. The van der Waals surface area contributed by atoms with Crippen LogP contribution in [0.3, 0.4) is 0 Å². The highest BCUT2D eigenvalue weighted by Gasteiger charge is 2.20. The lowest BCUT2D eigenvalue weighted by atomic mass is 9.99. The van der Waals surface area contributed by atoms with Crippen LogP contribution in [0, 0.1) is 5.92 Å². The molecule has 104 valence electrons. The molecule has 0 unspecified atom stereocenters. The van der Waals surface area contributed by atoms with Crippen LogP contribution >= 0.6 is 0 Å². The van der Waals surface area contributed by atoms with E-state index in [1.807, 2.05) is 6.07 Å². The Morgan fingerprint density at radius 3 is 3.05 bits per heavy atom. The first-order valence-electron chi connectivity index (χ1n) is 6.65. The van der Waals surface area contributed by atoms with Gasteiger partial charge >= 0.3 is 0 Å². The SMILES string of the molecule is O=C(Nc1ccc(-n2cncn2)nc1)[C@@H]1CCCNC1. The molecule has 3 rings (SSSR count). The molecule has 2 aromatic heterocycles. The lowest BCUT2D eigenvalue weighted by Crippen LogP contribution is -2.37. The first-order chi connectivity index (χ1) is 9.83. The Hall–Kier alpha value is -2.28. The van der Waals surface area contributed by atoms with Crippen molar-refractivity contribution in [2.24, 2.45) is 5.92 Å². The first-order valence-corrected chi connectivity index (χ1v) is 6.65. The molecule has 1 amide bonds. The molecule has 7 heteroatoms. The lowest BCUT2D eigenvalue weighted by Gasteiger charge is -2.21. The molecule has 2 N–H and O–H groups in total. The van der Waals surface area contributed by atoms with Gasteiger partial charge < -0.3 is 10.6 Å². The topological polar surface area (TPSA) is 84.7 Å². The molecule has 0 aromatic carbocycles. The summed E-state index contributed by atoms with van der Waals surface area (Å²) in [5.41, 5.74) is 0.699. The number of nitrogens with zero attached hydrogens (tertiary/aromatic N) is 4. The Morgan fingerprint density at radius 1 is 1.45 bits per heavy atom. The number of nitrogens with one attached hydrogen (secondary N) is 2. The fourth-order valence-corrected chi connectivity index (χ4v) is 2.24. The van der Waals surface area contributed by atoms with Gasteiger partial charge in [0.15, 0.2) is 5.82 Å². The molecule has 1 fully saturated rings. The van der Waals surface area contributed by atoms with E-state index in [-0.39, 0.29) is 11.8 Å². The van der Waals surface area contributed by atoms with E-state index < -0.39 is 0 Å². The van der Waals surface area contributed by atoms with E-state index in [4.69, 9.17) is 0 Å². The van der Waals surface area contributed by atoms with Gasteiger partial charge in [-0.3, -0.25) is 4.79 Å². The van der Waals surface area contributed by atoms with Crippen LogP contribution in [0.25, 0.3) is 5.82 Å². The van der Waals surface area contributed by atoms with Crippen molar-refractivity contribution in [3.8, 4) is 5.82 Å². The molecule has 1 aliphatic heterocycles. The largest absolute Gasteiger partial charge is 0.324 e. The Balaban J connectivity index is 1.64. The average Bonchev–Trinajstić information content (AvgIpc) is 3.03. The molecule has 0 bridgehead atoms. The number of amides is 1. The zero-order valence-corrected chi connectivity index (χ0v) is 11.0. The van der Waals surface area contributed by atoms with Crippen LogP contribution in [0.1, 0.15) is 12.8 Å². The van der Waals surface area contributed by atoms with E-state index >= 15 is 0 Å². The maximum atomic E-state index is 12.1. The van der Waals surface area contributed by atoms with Gasteiger partial charge in [-0.15, -0.1) is 0 Å². The van der Waals surface area contributed by atoms with Gasteiger partial charge in [-0.1, -0.05) is 0 Å². The fourth-order valence-electron chi connectivity index (χ4n) is 2.24. The molecule has 2 aromatic rings. The fraction of sp³-hybridized carbons (Fsp3) is 0.385. The predicted molar refractivity (Wildman–Crippen MR) is 73.4 cm³/mol. The standard InChI is InChI=1S/C13H16N6O/c20-13(10-2-1-5-14-6-10)18-11-3-4-12(16-7-11)19-9-15-8-17-19/h3-4,7-10,14H,1-2,5-6H2,(H,18,20)/t10-/m1/s1. The zero-order chi connectivity index (χ0) is 13.8. The monoisotopic (exact) mass is 272 g/mol. The van der Waals surface area contributed by atoms with E-state index in [1.165, 1.54) is 6.33 Å². The molecule has 7 nitrogen and oxygen atoms in total. The average molecular weight is 272 g/mol.